The lowest BCUT2D eigenvalue weighted by atomic mass is 10.2. The van der Waals surface area contributed by atoms with E-state index in [4.69, 9.17) is 9.84 Å². The number of hydrogen-bond acceptors (Lipinski definition) is 4. The van der Waals surface area contributed by atoms with Gasteiger partial charge in [-0.3, -0.25) is 4.90 Å². The first-order valence-corrected chi connectivity index (χ1v) is 6.11. The number of nitrogens with zero attached hydrogens (tertiary/aromatic N) is 1. The first kappa shape index (κ1) is 15.8. The predicted octanol–water partition coefficient (Wildman–Crippen LogP) is 0.865. The second kappa shape index (κ2) is 8.93. The molecule has 0 rings (SSSR count). The zero-order chi connectivity index (χ0) is 12.6. The average molecular weight is 233 g/mol. The Kier molecular flexibility index (Phi) is 8.84. The van der Waals surface area contributed by atoms with Gasteiger partial charge in [0.05, 0.1) is 25.9 Å². The molecule has 0 spiro atoms. The van der Waals surface area contributed by atoms with Crippen molar-refractivity contribution in [1.82, 2.24) is 4.90 Å². The van der Waals surface area contributed by atoms with Gasteiger partial charge < -0.3 is 14.9 Å². The summed E-state index contributed by atoms with van der Waals surface area (Å²) >= 11 is 0. The lowest BCUT2D eigenvalue weighted by Gasteiger charge is -2.31. The molecule has 98 valence electrons. The number of ether oxygens (including phenoxy) is 1. The van der Waals surface area contributed by atoms with Crippen LogP contribution in [0.1, 0.15) is 34.1 Å². The predicted molar refractivity (Wildman–Crippen MR) is 65.5 cm³/mol. The Morgan fingerprint density at radius 1 is 1.12 bits per heavy atom. The van der Waals surface area contributed by atoms with Gasteiger partial charge in [-0.25, -0.2) is 0 Å². The van der Waals surface area contributed by atoms with E-state index in [1.54, 1.807) is 0 Å². The summed E-state index contributed by atoms with van der Waals surface area (Å²) in [6.07, 6.45) is 0.272. The third-order valence-electron chi connectivity index (χ3n) is 2.59. The van der Waals surface area contributed by atoms with Gasteiger partial charge in [0.2, 0.25) is 0 Å². The standard InChI is InChI=1S/C12H27NO3/c1-10(2)13(11(3)4)6-5-12(15)9-16-8-7-14/h10-12,14-15H,5-9H2,1-4H3. The van der Waals surface area contributed by atoms with E-state index in [0.29, 0.717) is 31.7 Å². The highest BCUT2D eigenvalue weighted by atomic mass is 16.5. The van der Waals surface area contributed by atoms with E-state index in [1.807, 2.05) is 0 Å². The van der Waals surface area contributed by atoms with Gasteiger partial charge in [0.1, 0.15) is 0 Å². The molecule has 0 aliphatic rings. The fraction of sp³-hybridized carbons (Fsp3) is 1.00. The molecule has 0 saturated heterocycles. The van der Waals surface area contributed by atoms with E-state index in [1.165, 1.54) is 0 Å². The average Bonchev–Trinajstić information content (AvgIpc) is 2.17. The molecule has 4 heteroatoms. The summed E-state index contributed by atoms with van der Waals surface area (Å²) in [5.41, 5.74) is 0. The topological polar surface area (TPSA) is 52.9 Å². The summed E-state index contributed by atoms with van der Waals surface area (Å²) < 4.78 is 5.08. The molecule has 0 aromatic heterocycles. The molecular weight excluding hydrogens is 206 g/mol. The molecule has 16 heavy (non-hydrogen) atoms. The van der Waals surface area contributed by atoms with Crippen LogP contribution in [0.5, 0.6) is 0 Å². The van der Waals surface area contributed by atoms with Crippen molar-refractivity contribution in [2.24, 2.45) is 0 Å². The molecule has 0 aliphatic heterocycles. The van der Waals surface area contributed by atoms with Crippen LogP contribution in [0, 0.1) is 0 Å². The van der Waals surface area contributed by atoms with Crippen molar-refractivity contribution in [3.8, 4) is 0 Å². The van der Waals surface area contributed by atoms with E-state index in [2.05, 4.69) is 32.6 Å². The Morgan fingerprint density at radius 2 is 1.69 bits per heavy atom. The lowest BCUT2D eigenvalue weighted by molar-refractivity contribution is 0.0107. The maximum absolute atomic E-state index is 9.65. The van der Waals surface area contributed by atoms with Gasteiger partial charge in [0, 0.05) is 18.6 Å². The Hall–Kier alpha value is -0.160. The first-order valence-electron chi connectivity index (χ1n) is 6.11. The molecule has 0 aliphatic carbocycles. The summed E-state index contributed by atoms with van der Waals surface area (Å²) in [6, 6.07) is 0.983. The Labute approximate surface area is 99.2 Å². The number of hydrogen-bond donors (Lipinski definition) is 2. The fourth-order valence-corrected chi connectivity index (χ4v) is 1.78. The van der Waals surface area contributed by atoms with Crippen molar-refractivity contribution in [3.05, 3.63) is 0 Å². The highest BCUT2D eigenvalue weighted by molar-refractivity contribution is 4.69. The van der Waals surface area contributed by atoms with E-state index in [-0.39, 0.29) is 6.61 Å². The normalized spacial score (nSPS) is 14.1. The molecule has 0 heterocycles. The minimum Gasteiger partial charge on any atom is -0.394 e. The molecule has 0 amide bonds. The van der Waals surface area contributed by atoms with Crippen molar-refractivity contribution >= 4 is 0 Å². The van der Waals surface area contributed by atoms with E-state index in [0.717, 1.165) is 6.54 Å². The van der Waals surface area contributed by atoms with Crippen LogP contribution >= 0.6 is 0 Å². The summed E-state index contributed by atoms with van der Waals surface area (Å²) in [4.78, 5) is 2.34. The quantitative estimate of drug-likeness (QED) is 0.580. The number of aliphatic hydroxyl groups excluding tert-OH is 2. The van der Waals surface area contributed by atoms with Crippen molar-refractivity contribution in [1.29, 1.82) is 0 Å². The molecule has 0 bridgehead atoms. The van der Waals surface area contributed by atoms with Crippen LogP contribution < -0.4 is 0 Å². The van der Waals surface area contributed by atoms with Crippen molar-refractivity contribution in [2.75, 3.05) is 26.4 Å². The van der Waals surface area contributed by atoms with Gasteiger partial charge in [0.15, 0.2) is 0 Å². The second-order valence-electron chi connectivity index (χ2n) is 4.67. The number of rotatable bonds is 9. The minimum atomic E-state index is -0.438. The molecule has 1 atom stereocenters. The molecule has 0 fully saturated rings. The third-order valence-corrected chi connectivity index (χ3v) is 2.59. The van der Waals surface area contributed by atoms with Crippen molar-refractivity contribution < 1.29 is 14.9 Å². The highest BCUT2D eigenvalue weighted by Gasteiger charge is 2.14. The first-order chi connectivity index (χ1) is 7.49. The molecule has 0 saturated carbocycles. The monoisotopic (exact) mass is 233 g/mol. The van der Waals surface area contributed by atoms with Gasteiger partial charge in [-0.1, -0.05) is 0 Å². The minimum absolute atomic E-state index is 0.0107. The van der Waals surface area contributed by atoms with Crippen molar-refractivity contribution in [2.45, 2.75) is 52.3 Å². The van der Waals surface area contributed by atoms with Crippen LogP contribution in [-0.4, -0.2) is 59.7 Å². The molecular formula is C12H27NO3. The largest absolute Gasteiger partial charge is 0.394 e. The zero-order valence-corrected chi connectivity index (χ0v) is 11.0. The fourth-order valence-electron chi connectivity index (χ4n) is 1.78. The summed E-state index contributed by atoms with van der Waals surface area (Å²) in [6.45, 7) is 10.1. The molecule has 0 aromatic carbocycles. The zero-order valence-electron chi connectivity index (χ0n) is 11.0. The molecule has 1 unspecified atom stereocenters. The Balaban J connectivity index is 3.74. The van der Waals surface area contributed by atoms with Crippen LogP contribution in [0.25, 0.3) is 0 Å². The second-order valence-corrected chi connectivity index (χ2v) is 4.67. The summed E-state index contributed by atoms with van der Waals surface area (Å²) in [5, 5.41) is 18.2. The van der Waals surface area contributed by atoms with Crippen molar-refractivity contribution in [3.63, 3.8) is 0 Å². The number of aliphatic hydroxyl groups is 2. The van der Waals surface area contributed by atoms with Gasteiger partial charge >= 0.3 is 0 Å². The summed E-state index contributed by atoms with van der Waals surface area (Å²) in [7, 11) is 0. The maximum Gasteiger partial charge on any atom is 0.0785 e. The molecule has 2 N–H and O–H groups in total. The van der Waals surface area contributed by atoms with Gasteiger partial charge in [-0.05, 0) is 34.1 Å². The van der Waals surface area contributed by atoms with Crippen LogP contribution in [0.2, 0.25) is 0 Å². The van der Waals surface area contributed by atoms with E-state index >= 15 is 0 Å². The Bertz CT molecular complexity index is 154. The SMILES string of the molecule is CC(C)N(CCC(O)COCCO)C(C)C. The van der Waals surface area contributed by atoms with Crippen LogP contribution in [0.3, 0.4) is 0 Å². The highest BCUT2D eigenvalue weighted by Crippen LogP contribution is 2.07. The third kappa shape index (κ3) is 7.17. The lowest BCUT2D eigenvalue weighted by Crippen LogP contribution is -2.39. The van der Waals surface area contributed by atoms with Crippen LogP contribution in [0.15, 0.2) is 0 Å². The molecule has 4 nitrogen and oxygen atoms in total. The van der Waals surface area contributed by atoms with Gasteiger partial charge in [0.25, 0.3) is 0 Å². The summed E-state index contributed by atoms with van der Waals surface area (Å²) in [5.74, 6) is 0. The van der Waals surface area contributed by atoms with Gasteiger partial charge in [-0.2, -0.15) is 0 Å². The van der Waals surface area contributed by atoms with E-state index in [9.17, 15) is 5.11 Å². The maximum atomic E-state index is 9.65. The van der Waals surface area contributed by atoms with Crippen LogP contribution in [0.4, 0.5) is 0 Å². The van der Waals surface area contributed by atoms with Gasteiger partial charge in [-0.15, -0.1) is 0 Å². The molecule has 0 radical (unpaired) electrons. The van der Waals surface area contributed by atoms with Crippen LogP contribution in [-0.2, 0) is 4.74 Å². The molecule has 0 aromatic rings. The van der Waals surface area contributed by atoms with E-state index < -0.39 is 6.10 Å². The Morgan fingerprint density at radius 3 is 2.12 bits per heavy atom. The smallest absolute Gasteiger partial charge is 0.0785 e.